The summed E-state index contributed by atoms with van der Waals surface area (Å²) in [6.45, 7) is 5.42. The quantitative estimate of drug-likeness (QED) is 0.403. The van der Waals surface area contributed by atoms with E-state index in [4.69, 9.17) is 14.2 Å². The highest BCUT2D eigenvalue weighted by Crippen LogP contribution is 2.32. The Labute approximate surface area is 207 Å². The van der Waals surface area contributed by atoms with Crippen molar-refractivity contribution in [3.8, 4) is 5.75 Å². The molecule has 5 rings (SSSR count). The Kier molecular flexibility index (Phi) is 7.23. The normalized spacial score (nSPS) is 17.7. The summed E-state index contributed by atoms with van der Waals surface area (Å²) in [5, 5.41) is 8.12. The molecule has 2 saturated heterocycles. The average Bonchev–Trinajstić information content (AvgIpc) is 3.33. The van der Waals surface area contributed by atoms with Gasteiger partial charge in [-0.1, -0.05) is 12.1 Å². The molecule has 4 heterocycles. The number of hydrogen-bond acceptors (Lipinski definition) is 8. The summed E-state index contributed by atoms with van der Waals surface area (Å²) < 4.78 is 46.5. The number of nitrogens with zero attached hydrogens (tertiary/aromatic N) is 6. The van der Waals surface area contributed by atoms with E-state index in [9.17, 15) is 8.78 Å². The van der Waals surface area contributed by atoms with Crippen molar-refractivity contribution in [3.05, 3.63) is 30.0 Å². The lowest BCUT2D eigenvalue weighted by Crippen LogP contribution is -2.37. The molecular formula is C24H29F2N7O3. The Hall–Kier alpha value is -3.38. The minimum Gasteiger partial charge on any atom is -0.495 e. The summed E-state index contributed by atoms with van der Waals surface area (Å²) in [7, 11) is 1.49. The number of aromatic nitrogens is 4. The number of ether oxygens (including phenoxy) is 3. The molecule has 2 fully saturated rings. The lowest BCUT2D eigenvalue weighted by atomic mass is 10.1. The van der Waals surface area contributed by atoms with Crippen LogP contribution in [0.5, 0.6) is 5.75 Å². The van der Waals surface area contributed by atoms with Crippen LogP contribution in [0.1, 0.15) is 24.4 Å². The van der Waals surface area contributed by atoms with Crippen LogP contribution in [0.4, 0.5) is 26.2 Å². The van der Waals surface area contributed by atoms with E-state index in [1.807, 2.05) is 4.68 Å². The number of halogens is 2. The van der Waals surface area contributed by atoms with Crippen molar-refractivity contribution >= 4 is 34.3 Å². The second-order valence-corrected chi connectivity index (χ2v) is 8.69. The van der Waals surface area contributed by atoms with Gasteiger partial charge < -0.3 is 24.4 Å². The van der Waals surface area contributed by atoms with Crippen molar-refractivity contribution in [1.82, 2.24) is 19.7 Å². The zero-order valence-corrected chi connectivity index (χ0v) is 20.3. The molecule has 3 aromatic rings. The number of morpholine rings is 1. The molecule has 0 amide bonds. The molecule has 0 aliphatic carbocycles. The van der Waals surface area contributed by atoms with Crippen LogP contribution in [-0.4, -0.2) is 78.6 Å². The number of fused-ring (bicyclic) bond motifs is 1. The van der Waals surface area contributed by atoms with Gasteiger partial charge in [0.05, 0.1) is 43.6 Å². The molecule has 0 atom stereocenters. The molecule has 2 aliphatic rings. The lowest BCUT2D eigenvalue weighted by molar-refractivity contribution is 0.0673. The number of anilines is 2. The molecular weight excluding hydrogens is 472 g/mol. The van der Waals surface area contributed by atoms with E-state index < -0.39 is 12.3 Å². The third kappa shape index (κ3) is 4.96. The average molecular weight is 502 g/mol. The third-order valence-electron chi connectivity index (χ3n) is 6.40. The molecule has 1 aromatic carbocycles. The van der Waals surface area contributed by atoms with Gasteiger partial charge in [0, 0.05) is 26.3 Å². The van der Waals surface area contributed by atoms with Gasteiger partial charge in [-0.2, -0.15) is 20.1 Å². The Morgan fingerprint density at radius 3 is 2.61 bits per heavy atom. The van der Waals surface area contributed by atoms with Gasteiger partial charge in [-0.3, -0.25) is 0 Å². The van der Waals surface area contributed by atoms with E-state index in [1.165, 1.54) is 7.11 Å². The van der Waals surface area contributed by atoms with Crippen molar-refractivity contribution in [3.63, 3.8) is 0 Å². The Balaban J connectivity index is 1.60. The minimum absolute atomic E-state index is 0.0619. The first kappa shape index (κ1) is 24.3. The number of aliphatic imine (C=N–C) groups is 1. The van der Waals surface area contributed by atoms with Crippen LogP contribution in [0.15, 0.2) is 29.4 Å². The van der Waals surface area contributed by atoms with Crippen molar-refractivity contribution in [2.75, 3.05) is 56.8 Å². The van der Waals surface area contributed by atoms with Crippen molar-refractivity contribution < 1.29 is 23.0 Å². The van der Waals surface area contributed by atoms with Crippen LogP contribution < -0.4 is 15.0 Å². The van der Waals surface area contributed by atoms with Gasteiger partial charge >= 0.3 is 0 Å². The third-order valence-corrected chi connectivity index (χ3v) is 6.40. The van der Waals surface area contributed by atoms with Crippen molar-refractivity contribution in [1.29, 1.82) is 0 Å². The van der Waals surface area contributed by atoms with Gasteiger partial charge in [-0.15, -0.1) is 0 Å². The van der Waals surface area contributed by atoms with Gasteiger partial charge in [0.2, 0.25) is 0 Å². The largest absolute Gasteiger partial charge is 0.495 e. The fourth-order valence-corrected chi connectivity index (χ4v) is 4.50. The molecule has 2 aromatic heterocycles. The topological polar surface area (TPSA) is 98.9 Å². The van der Waals surface area contributed by atoms with Crippen molar-refractivity contribution in [2.24, 2.45) is 4.99 Å². The minimum atomic E-state index is -2.89. The van der Waals surface area contributed by atoms with E-state index in [1.54, 1.807) is 31.3 Å². The molecule has 0 bridgehead atoms. The van der Waals surface area contributed by atoms with Gasteiger partial charge in [0.1, 0.15) is 11.6 Å². The highest BCUT2D eigenvalue weighted by Gasteiger charge is 2.25. The molecule has 0 spiro atoms. The monoisotopic (exact) mass is 501 g/mol. The second-order valence-electron chi connectivity index (χ2n) is 8.69. The SMILES string of the molecule is COc1cccc(C)c1NC(=Nc1nc(N2CCOCC2)c2cnn(C3CCOCC3)c2n1)C(F)F. The molecule has 1 N–H and O–H groups in total. The van der Waals surface area contributed by atoms with E-state index in [-0.39, 0.29) is 12.0 Å². The maximum atomic E-state index is 14.2. The van der Waals surface area contributed by atoms with Gasteiger partial charge in [-0.05, 0) is 31.4 Å². The maximum Gasteiger partial charge on any atom is 0.295 e. The molecule has 0 unspecified atom stereocenters. The van der Waals surface area contributed by atoms with E-state index in [2.05, 4.69) is 30.3 Å². The van der Waals surface area contributed by atoms with Crippen LogP contribution in [0.3, 0.4) is 0 Å². The standard InChI is InChI=1S/C24H29F2N7O3/c1-15-4-3-5-18(34-2)19(15)28-21(20(25)26)29-24-30-22(32-8-12-36-13-9-32)17-14-27-33(23(17)31-24)16-6-10-35-11-7-16/h3-5,14,16,20H,6-13H2,1-2H3,(H,28,29,30,31). The molecule has 36 heavy (non-hydrogen) atoms. The van der Waals surface area contributed by atoms with Crippen LogP contribution in [0.2, 0.25) is 0 Å². The summed E-state index contributed by atoms with van der Waals surface area (Å²) in [5.41, 5.74) is 1.73. The molecule has 2 aliphatic heterocycles. The molecule has 10 nitrogen and oxygen atoms in total. The molecule has 0 radical (unpaired) electrons. The summed E-state index contributed by atoms with van der Waals surface area (Å²) in [5.74, 6) is 0.425. The Morgan fingerprint density at radius 2 is 1.89 bits per heavy atom. The first-order chi connectivity index (χ1) is 17.5. The maximum absolute atomic E-state index is 14.2. The number of alkyl halides is 2. The molecule has 0 saturated carbocycles. The predicted octanol–water partition coefficient (Wildman–Crippen LogP) is 3.74. The molecule has 192 valence electrons. The summed E-state index contributed by atoms with van der Waals surface area (Å²) in [6.07, 6.45) is 0.445. The number of benzene rings is 1. The predicted molar refractivity (Wildman–Crippen MR) is 132 cm³/mol. The number of rotatable bonds is 6. The second kappa shape index (κ2) is 10.7. The summed E-state index contributed by atoms with van der Waals surface area (Å²) >= 11 is 0. The Bertz CT molecular complexity index is 1240. The zero-order chi connectivity index (χ0) is 25.1. The van der Waals surface area contributed by atoms with E-state index in [0.717, 1.165) is 23.8 Å². The van der Waals surface area contributed by atoms with Crippen LogP contribution in [-0.2, 0) is 9.47 Å². The first-order valence-electron chi connectivity index (χ1n) is 12.0. The van der Waals surface area contributed by atoms with Gasteiger partial charge in [-0.25, -0.2) is 13.5 Å². The number of aryl methyl sites for hydroxylation is 1. The van der Waals surface area contributed by atoms with Crippen LogP contribution in [0.25, 0.3) is 11.0 Å². The molecule has 12 heteroatoms. The number of methoxy groups -OCH3 is 1. The fraction of sp³-hybridized carbons (Fsp3) is 0.500. The number of para-hydroxylation sites is 1. The van der Waals surface area contributed by atoms with Crippen LogP contribution >= 0.6 is 0 Å². The summed E-state index contributed by atoms with van der Waals surface area (Å²) in [6, 6.07) is 5.40. The van der Waals surface area contributed by atoms with Crippen LogP contribution in [0, 0.1) is 6.92 Å². The summed E-state index contributed by atoms with van der Waals surface area (Å²) in [4.78, 5) is 15.4. The number of hydrogen-bond donors (Lipinski definition) is 1. The fourth-order valence-electron chi connectivity index (χ4n) is 4.50. The van der Waals surface area contributed by atoms with Gasteiger partial charge in [0.15, 0.2) is 11.5 Å². The highest BCUT2D eigenvalue weighted by atomic mass is 19.3. The lowest BCUT2D eigenvalue weighted by Gasteiger charge is -2.28. The zero-order valence-electron chi connectivity index (χ0n) is 20.3. The van der Waals surface area contributed by atoms with E-state index >= 15 is 0 Å². The Morgan fingerprint density at radius 1 is 1.14 bits per heavy atom. The number of amidine groups is 1. The highest BCUT2D eigenvalue weighted by molar-refractivity contribution is 6.01. The smallest absolute Gasteiger partial charge is 0.295 e. The van der Waals surface area contributed by atoms with E-state index in [0.29, 0.717) is 62.4 Å². The van der Waals surface area contributed by atoms with Gasteiger partial charge in [0.25, 0.3) is 12.4 Å². The number of nitrogens with one attached hydrogen (secondary N) is 1. The van der Waals surface area contributed by atoms with Crippen molar-refractivity contribution in [2.45, 2.75) is 32.2 Å². The first-order valence-corrected chi connectivity index (χ1v) is 12.0.